The summed E-state index contributed by atoms with van der Waals surface area (Å²) in [6.45, 7) is 6.80. The summed E-state index contributed by atoms with van der Waals surface area (Å²) in [6, 6.07) is 12.0. The molecule has 8 heteroatoms. The highest BCUT2D eigenvalue weighted by molar-refractivity contribution is 7.15. The van der Waals surface area contributed by atoms with Crippen LogP contribution in [0.4, 0.5) is 5.95 Å². The first-order chi connectivity index (χ1) is 15.1. The molecule has 0 aliphatic carbocycles. The lowest BCUT2D eigenvalue weighted by Gasteiger charge is -2.18. The fourth-order valence-corrected chi connectivity index (χ4v) is 4.96. The Labute approximate surface area is 184 Å². The van der Waals surface area contributed by atoms with Crippen molar-refractivity contribution in [2.75, 3.05) is 12.1 Å². The molecule has 4 heterocycles. The van der Waals surface area contributed by atoms with Gasteiger partial charge in [-0.2, -0.15) is 5.10 Å². The van der Waals surface area contributed by atoms with Gasteiger partial charge in [0.05, 0.1) is 13.7 Å². The van der Waals surface area contributed by atoms with Crippen LogP contribution >= 0.6 is 11.3 Å². The van der Waals surface area contributed by atoms with Gasteiger partial charge in [0, 0.05) is 28.4 Å². The predicted molar refractivity (Wildman–Crippen MR) is 123 cm³/mol. The second-order valence-corrected chi connectivity index (χ2v) is 8.65. The van der Waals surface area contributed by atoms with Crippen molar-refractivity contribution in [3.8, 4) is 10.8 Å². The Balaban J connectivity index is 1.77. The highest BCUT2D eigenvalue weighted by Gasteiger charge is 2.30. The molecule has 0 bridgehead atoms. The number of thiophene rings is 1. The first-order valence-electron chi connectivity index (χ1n) is 9.99. The van der Waals surface area contributed by atoms with E-state index in [1.54, 1.807) is 24.6 Å². The number of nitrogens with zero attached hydrogens (tertiary/aromatic N) is 6. The summed E-state index contributed by atoms with van der Waals surface area (Å²) in [7, 11) is 1.68. The van der Waals surface area contributed by atoms with Crippen LogP contribution in [-0.4, -0.2) is 32.6 Å². The van der Waals surface area contributed by atoms with Crippen molar-refractivity contribution >= 4 is 23.0 Å². The minimum Gasteiger partial charge on any atom is -0.497 e. The maximum absolute atomic E-state index is 5.49. The second kappa shape index (κ2) is 7.63. The van der Waals surface area contributed by atoms with Gasteiger partial charge in [-0.05, 0) is 50.1 Å². The summed E-state index contributed by atoms with van der Waals surface area (Å²) in [6.07, 6.45) is 3.62. The van der Waals surface area contributed by atoms with Gasteiger partial charge < -0.3 is 4.74 Å². The fourth-order valence-electron chi connectivity index (χ4n) is 3.76. The van der Waals surface area contributed by atoms with E-state index in [1.165, 1.54) is 10.4 Å². The number of hydrogen-bond donors (Lipinski definition) is 0. The van der Waals surface area contributed by atoms with Gasteiger partial charge in [0.25, 0.3) is 5.95 Å². The summed E-state index contributed by atoms with van der Waals surface area (Å²) < 4.78 is 7.59. The van der Waals surface area contributed by atoms with Crippen LogP contribution < -0.4 is 9.75 Å². The molecule has 7 nitrogen and oxygen atoms in total. The molecule has 0 saturated carbocycles. The number of aromatic nitrogens is 4. The summed E-state index contributed by atoms with van der Waals surface area (Å²) in [5.74, 6) is 2.32. The largest absolute Gasteiger partial charge is 0.497 e. The standard InChI is InChI=1S/C23H22N6OS/c1-14-15(2)31-22-20(14)21(18-8-5-9-19(11-18)30-4)27-28(13-17-7-6-10-24-12-17)23-26-25-16(3)29(22)23/h5-12H,13H2,1-4H3. The first-order valence-corrected chi connectivity index (χ1v) is 10.8. The molecular formula is C23H22N6OS. The van der Waals surface area contributed by atoms with E-state index in [0.29, 0.717) is 12.5 Å². The number of methoxy groups -OCH3 is 1. The molecule has 1 aliphatic heterocycles. The van der Waals surface area contributed by atoms with Gasteiger partial charge in [0.15, 0.2) is 0 Å². The zero-order chi connectivity index (χ0) is 21.5. The number of benzene rings is 1. The van der Waals surface area contributed by atoms with Crippen molar-refractivity contribution in [1.82, 2.24) is 19.7 Å². The van der Waals surface area contributed by atoms with E-state index in [1.807, 2.05) is 48.5 Å². The van der Waals surface area contributed by atoms with Crippen LogP contribution in [-0.2, 0) is 6.54 Å². The normalized spacial score (nSPS) is 12.8. The molecule has 0 radical (unpaired) electrons. The van der Waals surface area contributed by atoms with E-state index in [2.05, 4.69) is 39.7 Å². The van der Waals surface area contributed by atoms with Crippen molar-refractivity contribution in [3.05, 3.63) is 81.7 Å². The fraction of sp³-hybridized carbons (Fsp3) is 0.217. The maximum Gasteiger partial charge on any atom is 0.253 e. The molecule has 0 saturated heterocycles. The Morgan fingerprint density at radius 1 is 1.06 bits per heavy atom. The molecule has 0 amide bonds. The molecule has 0 N–H and O–H groups in total. The summed E-state index contributed by atoms with van der Waals surface area (Å²) in [5, 5.41) is 17.0. The molecule has 4 aromatic rings. The molecule has 3 aromatic heterocycles. The van der Waals surface area contributed by atoms with Crippen molar-refractivity contribution in [2.24, 2.45) is 5.10 Å². The van der Waals surface area contributed by atoms with Crippen LogP contribution in [0.3, 0.4) is 0 Å². The molecule has 0 atom stereocenters. The number of hydrogen-bond acceptors (Lipinski definition) is 7. The zero-order valence-corrected chi connectivity index (χ0v) is 18.6. The molecule has 5 rings (SSSR count). The van der Waals surface area contributed by atoms with Crippen LogP contribution in [0.2, 0.25) is 0 Å². The molecular weight excluding hydrogens is 408 g/mol. The monoisotopic (exact) mass is 430 g/mol. The number of rotatable bonds is 4. The summed E-state index contributed by atoms with van der Waals surface area (Å²) in [4.78, 5) is 5.51. The third-order valence-corrected chi connectivity index (χ3v) is 6.66. The van der Waals surface area contributed by atoms with E-state index in [9.17, 15) is 0 Å². The van der Waals surface area contributed by atoms with Crippen molar-refractivity contribution in [1.29, 1.82) is 0 Å². The zero-order valence-electron chi connectivity index (χ0n) is 17.8. The van der Waals surface area contributed by atoms with Gasteiger partial charge in [-0.15, -0.1) is 21.5 Å². The highest BCUT2D eigenvalue weighted by Crippen LogP contribution is 2.38. The Bertz CT molecular complexity index is 1290. The topological polar surface area (TPSA) is 68.4 Å². The van der Waals surface area contributed by atoms with E-state index in [4.69, 9.17) is 9.84 Å². The van der Waals surface area contributed by atoms with Crippen LogP contribution in [0.25, 0.3) is 5.00 Å². The molecule has 0 spiro atoms. The van der Waals surface area contributed by atoms with Gasteiger partial charge in [-0.3, -0.25) is 9.55 Å². The third kappa shape index (κ3) is 3.29. The van der Waals surface area contributed by atoms with Crippen molar-refractivity contribution in [3.63, 3.8) is 0 Å². The molecule has 0 fully saturated rings. The average Bonchev–Trinajstić information content (AvgIpc) is 3.26. The number of pyridine rings is 1. The SMILES string of the molecule is COc1cccc(C2=NN(Cc3cccnc3)c3nnc(C)n3-c3sc(C)c(C)c32)c1. The van der Waals surface area contributed by atoms with E-state index in [-0.39, 0.29) is 0 Å². The molecule has 156 valence electrons. The van der Waals surface area contributed by atoms with E-state index in [0.717, 1.165) is 39.0 Å². The molecule has 31 heavy (non-hydrogen) atoms. The predicted octanol–water partition coefficient (Wildman–Crippen LogP) is 4.43. The van der Waals surface area contributed by atoms with Gasteiger partial charge in [-0.1, -0.05) is 18.2 Å². The smallest absolute Gasteiger partial charge is 0.253 e. The minimum atomic E-state index is 0.534. The Hall–Kier alpha value is -3.52. The van der Waals surface area contributed by atoms with Crippen LogP contribution in [0.1, 0.15) is 33.0 Å². The number of fused-ring (bicyclic) bond motifs is 3. The van der Waals surface area contributed by atoms with Crippen LogP contribution in [0.15, 0.2) is 53.9 Å². The van der Waals surface area contributed by atoms with Gasteiger partial charge in [0.2, 0.25) is 0 Å². The second-order valence-electron chi connectivity index (χ2n) is 7.45. The van der Waals surface area contributed by atoms with Gasteiger partial charge in [0.1, 0.15) is 22.3 Å². The minimum absolute atomic E-state index is 0.534. The number of hydrazone groups is 1. The van der Waals surface area contributed by atoms with Crippen LogP contribution in [0, 0.1) is 20.8 Å². The lowest BCUT2D eigenvalue weighted by atomic mass is 10.00. The van der Waals surface area contributed by atoms with Crippen LogP contribution in [0.5, 0.6) is 5.75 Å². The van der Waals surface area contributed by atoms with Crippen molar-refractivity contribution in [2.45, 2.75) is 27.3 Å². The first kappa shape index (κ1) is 19.4. The van der Waals surface area contributed by atoms with E-state index >= 15 is 0 Å². The Morgan fingerprint density at radius 3 is 2.71 bits per heavy atom. The average molecular weight is 431 g/mol. The number of anilines is 1. The molecule has 1 aliphatic rings. The van der Waals surface area contributed by atoms with Crippen molar-refractivity contribution < 1.29 is 4.74 Å². The Morgan fingerprint density at radius 2 is 1.94 bits per heavy atom. The third-order valence-electron chi connectivity index (χ3n) is 5.46. The summed E-state index contributed by atoms with van der Waals surface area (Å²) >= 11 is 1.74. The lowest BCUT2D eigenvalue weighted by molar-refractivity contribution is 0.414. The molecule has 0 unspecified atom stereocenters. The van der Waals surface area contributed by atoms with Gasteiger partial charge >= 0.3 is 0 Å². The summed E-state index contributed by atoms with van der Waals surface area (Å²) in [5.41, 5.74) is 5.25. The number of ether oxygens (including phenoxy) is 1. The number of aryl methyl sites for hydroxylation is 2. The highest BCUT2D eigenvalue weighted by atomic mass is 32.1. The van der Waals surface area contributed by atoms with Gasteiger partial charge in [-0.25, -0.2) is 5.01 Å². The van der Waals surface area contributed by atoms with E-state index < -0.39 is 0 Å². The quantitative estimate of drug-likeness (QED) is 0.479. The Kier molecular flexibility index (Phi) is 4.78. The maximum atomic E-state index is 5.49. The molecule has 1 aromatic carbocycles. The lowest BCUT2D eigenvalue weighted by Crippen LogP contribution is -2.20.